The molecule has 0 bridgehead atoms. The molecule has 0 aliphatic carbocycles. The van der Waals surface area contributed by atoms with Gasteiger partial charge in [0.2, 0.25) is 0 Å². The van der Waals surface area contributed by atoms with Crippen LogP contribution < -0.4 is 4.40 Å². The van der Waals surface area contributed by atoms with E-state index < -0.39 is 13.3 Å². The summed E-state index contributed by atoms with van der Waals surface area (Å²) >= 11 is -0.217. The van der Waals surface area contributed by atoms with Crippen LogP contribution in [0.3, 0.4) is 0 Å². The van der Waals surface area contributed by atoms with Crippen LogP contribution in [0.1, 0.15) is 26.3 Å². The zero-order valence-electron chi connectivity index (χ0n) is 33.5. The molecule has 6 aromatic carbocycles. The van der Waals surface area contributed by atoms with Gasteiger partial charge in [-0.25, -0.2) is 9.37 Å². The zero-order valence-corrected chi connectivity index (χ0v) is 38.8. The molecular weight excluding hydrogens is 991 g/mol. The zero-order chi connectivity index (χ0) is 40.3. The largest absolute Gasteiger partial charge is 0 e. The van der Waals surface area contributed by atoms with Crippen molar-refractivity contribution in [2.45, 2.75) is 43.5 Å². The summed E-state index contributed by atoms with van der Waals surface area (Å²) in [6.45, 7) is 6.69. The quantitative estimate of drug-likeness (QED) is 0.130. The number of thiophene rings is 1. The fourth-order valence-corrected chi connectivity index (χ4v) is 10.8. The van der Waals surface area contributed by atoms with Crippen LogP contribution in [0.15, 0.2) is 134 Å². The Morgan fingerprint density at radius 1 is 0.678 bits per heavy atom. The van der Waals surface area contributed by atoms with Gasteiger partial charge < -0.3 is 4.57 Å². The minimum absolute atomic E-state index is 0. The van der Waals surface area contributed by atoms with Crippen LogP contribution in [0.5, 0.6) is 0 Å². The van der Waals surface area contributed by atoms with Crippen LogP contribution in [0.4, 0.5) is 8.78 Å². The Morgan fingerprint density at radius 2 is 1.44 bits per heavy atom. The second kappa shape index (κ2) is 15.8. The molecule has 1 radical (unpaired) electrons. The van der Waals surface area contributed by atoms with Crippen molar-refractivity contribution in [3.63, 3.8) is 0 Å². The number of imidazole rings is 1. The minimum atomic E-state index is -1.83. The van der Waals surface area contributed by atoms with Gasteiger partial charge in [-0.1, -0.05) is 80.3 Å². The van der Waals surface area contributed by atoms with E-state index in [0.29, 0.717) is 22.2 Å². The number of nitrogens with zero attached hydrogens (tertiary/aromatic N) is 4. The number of halogens is 2. The molecule has 0 saturated carbocycles. The average Bonchev–Trinajstić information content (AvgIpc) is 3.79. The Morgan fingerprint density at radius 3 is 2.17 bits per heavy atom. The number of pyridine rings is 2. The third-order valence-electron chi connectivity index (χ3n) is 10.7. The molecule has 0 aliphatic heterocycles. The van der Waals surface area contributed by atoms with Crippen molar-refractivity contribution in [2.24, 2.45) is 0 Å². The smallest absolute Gasteiger partial charge is 0 e. The average molecular weight is 1030 g/mol. The summed E-state index contributed by atoms with van der Waals surface area (Å²) in [5, 5.41) is 4.78. The second-order valence-corrected chi connectivity index (χ2v) is 28.3. The summed E-state index contributed by atoms with van der Waals surface area (Å²) in [5.74, 6) is 7.23. The van der Waals surface area contributed by atoms with Gasteiger partial charge >= 0.3 is 104 Å². The summed E-state index contributed by atoms with van der Waals surface area (Å²) in [5.41, 5.74) is 7.04. The first-order chi connectivity index (χ1) is 27.8. The molecule has 9 heteroatoms. The SMILES string of the molecule is CC(C)(C)c1ccc(-n2c(-c3[c-]ccc4c3sc3nc5cccc(F)c5cc34)nc3c4ccccc4ccc32)cc1.[CH3][Ge]([CH3])([CH3])[c]1ccc(-c2[c-]cccc2F)nc1.[Ir]. The Hall–Kier alpha value is -5.12. The summed E-state index contributed by atoms with van der Waals surface area (Å²) in [7, 11) is 0. The van der Waals surface area contributed by atoms with Gasteiger partial charge in [0.15, 0.2) is 0 Å². The fourth-order valence-electron chi connectivity index (χ4n) is 7.43. The van der Waals surface area contributed by atoms with E-state index in [1.165, 1.54) is 22.1 Å². The number of benzene rings is 6. The standard InChI is InChI=1S/C36H25FN3S.C14H15FGeN.Ir/c1-36(2,3)22-15-17-23(18-16-22)40-31-19-14-21-8-4-5-9-24(21)32(31)39-34(40)26-11-6-10-25-27-20-28-29(37)12-7-13-30(28)38-35(27)41-33(25)26;1-16(2,3)11-8-9-14(17-10-11)12-6-4-5-7-13(12)15;/h4-10,12-20H,1-3H3;4-5,7-10H,1-3H3;/q2*-1;. The molecule has 10 rings (SSSR count). The van der Waals surface area contributed by atoms with E-state index in [1.54, 1.807) is 29.5 Å². The van der Waals surface area contributed by atoms with Crippen molar-refractivity contribution >= 4 is 82.0 Å². The van der Waals surface area contributed by atoms with Gasteiger partial charge in [0.05, 0.1) is 22.4 Å². The molecule has 10 aromatic rings. The molecule has 0 atom stereocenters. The molecule has 59 heavy (non-hydrogen) atoms. The van der Waals surface area contributed by atoms with Crippen LogP contribution in [0.25, 0.3) is 81.3 Å². The number of hydrogen-bond acceptors (Lipinski definition) is 4. The summed E-state index contributed by atoms with van der Waals surface area (Å²) in [6.07, 6.45) is 1.88. The van der Waals surface area contributed by atoms with Gasteiger partial charge in [0.1, 0.15) is 10.6 Å². The third-order valence-corrected chi connectivity index (χ3v) is 16.1. The van der Waals surface area contributed by atoms with Gasteiger partial charge in [0.25, 0.3) is 0 Å². The Balaban J connectivity index is 0.000000227. The van der Waals surface area contributed by atoms with Crippen molar-refractivity contribution in [1.29, 1.82) is 0 Å². The van der Waals surface area contributed by atoms with Crippen molar-refractivity contribution in [3.05, 3.63) is 163 Å². The van der Waals surface area contributed by atoms with E-state index in [2.05, 4.69) is 126 Å². The molecule has 4 nitrogen and oxygen atoms in total. The molecule has 295 valence electrons. The Kier molecular flexibility index (Phi) is 10.9. The molecule has 0 N–H and O–H groups in total. The molecule has 4 heterocycles. The van der Waals surface area contributed by atoms with Crippen LogP contribution in [0, 0.1) is 23.8 Å². The number of rotatable bonds is 4. The molecule has 0 fully saturated rings. The number of aromatic nitrogens is 4. The van der Waals surface area contributed by atoms with Crippen molar-refractivity contribution < 1.29 is 28.9 Å². The van der Waals surface area contributed by atoms with Crippen LogP contribution >= 0.6 is 11.3 Å². The van der Waals surface area contributed by atoms with Crippen molar-refractivity contribution in [2.75, 3.05) is 0 Å². The van der Waals surface area contributed by atoms with E-state index in [1.807, 2.05) is 36.5 Å². The Bertz CT molecular complexity index is 3160. The maximum Gasteiger partial charge on any atom is 0 e. The van der Waals surface area contributed by atoms with Gasteiger partial charge in [-0.2, -0.15) is 11.3 Å². The topological polar surface area (TPSA) is 43.6 Å². The van der Waals surface area contributed by atoms with Crippen molar-refractivity contribution in [3.8, 4) is 28.3 Å². The first kappa shape index (κ1) is 40.7. The van der Waals surface area contributed by atoms with Gasteiger partial charge in [0, 0.05) is 42.0 Å². The predicted molar refractivity (Wildman–Crippen MR) is 241 cm³/mol. The Labute approximate surface area is 362 Å². The maximum atomic E-state index is 14.7. The van der Waals surface area contributed by atoms with Crippen LogP contribution in [0.2, 0.25) is 17.3 Å². The number of fused-ring (bicyclic) bond motifs is 7. The second-order valence-electron chi connectivity index (χ2n) is 16.6. The van der Waals surface area contributed by atoms with E-state index in [0.717, 1.165) is 59.2 Å². The van der Waals surface area contributed by atoms with E-state index in [9.17, 15) is 8.78 Å². The van der Waals surface area contributed by atoms with Crippen LogP contribution in [-0.4, -0.2) is 32.8 Å². The van der Waals surface area contributed by atoms with E-state index >= 15 is 0 Å². The monoisotopic (exact) mass is 1030 g/mol. The molecule has 0 saturated heterocycles. The summed E-state index contributed by atoms with van der Waals surface area (Å²) < 4.78 is 32.9. The van der Waals surface area contributed by atoms with Crippen LogP contribution in [-0.2, 0) is 25.5 Å². The first-order valence-corrected chi connectivity index (χ1v) is 27.5. The van der Waals surface area contributed by atoms with Crippen molar-refractivity contribution in [1.82, 2.24) is 19.5 Å². The third kappa shape index (κ3) is 7.64. The van der Waals surface area contributed by atoms with Gasteiger partial charge in [-0.3, -0.25) is 4.98 Å². The summed E-state index contributed by atoms with van der Waals surface area (Å²) in [4.78, 5) is 15.4. The molecular formula is C50H40F2GeIrN4S-2. The van der Waals surface area contributed by atoms with E-state index in [-0.39, 0.29) is 37.2 Å². The molecule has 0 amide bonds. The predicted octanol–water partition coefficient (Wildman–Crippen LogP) is 13.2. The number of hydrogen-bond donors (Lipinski definition) is 0. The van der Waals surface area contributed by atoms with Gasteiger partial charge in [-0.05, 0) is 57.5 Å². The molecule has 4 aromatic heterocycles. The first-order valence-electron chi connectivity index (χ1n) is 19.3. The van der Waals surface area contributed by atoms with Gasteiger partial charge in [-0.15, -0.1) is 18.2 Å². The normalized spacial score (nSPS) is 11.9. The maximum absolute atomic E-state index is 14.7. The van der Waals surface area contributed by atoms with E-state index in [4.69, 9.17) is 9.97 Å². The fraction of sp³-hybridized carbons (Fsp3) is 0.140. The minimum Gasteiger partial charge on any atom is 0 e. The molecule has 0 aliphatic rings. The molecule has 0 unspecified atom stereocenters. The molecule has 0 spiro atoms. The summed E-state index contributed by atoms with van der Waals surface area (Å²) in [6, 6.07) is 47.6.